The first kappa shape index (κ1) is 14.4. The maximum absolute atomic E-state index is 13.0. The Hall–Kier alpha value is -1.97. The van der Waals surface area contributed by atoms with Crippen molar-refractivity contribution >= 4 is 0 Å². The van der Waals surface area contributed by atoms with E-state index in [0.29, 0.717) is 5.82 Å². The summed E-state index contributed by atoms with van der Waals surface area (Å²) in [5.74, 6) is 0.502. The van der Waals surface area contributed by atoms with Gasteiger partial charge in [-0.2, -0.15) is 0 Å². The van der Waals surface area contributed by atoms with Crippen LogP contribution < -0.4 is 5.56 Å². The van der Waals surface area contributed by atoms with Gasteiger partial charge in [0.2, 0.25) is 0 Å². The fourth-order valence-electron chi connectivity index (χ4n) is 2.07. The van der Waals surface area contributed by atoms with Crippen molar-refractivity contribution in [1.29, 1.82) is 0 Å². The van der Waals surface area contributed by atoms with E-state index in [1.165, 1.54) is 18.2 Å². The summed E-state index contributed by atoms with van der Waals surface area (Å²) in [4.78, 5) is 19.1. The lowest BCUT2D eigenvalue weighted by molar-refractivity contribution is 0.572. The van der Waals surface area contributed by atoms with Crippen LogP contribution in [0, 0.1) is 5.82 Å². The zero-order chi connectivity index (χ0) is 14.9. The van der Waals surface area contributed by atoms with Crippen molar-refractivity contribution in [3.05, 3.63) is 63.6 Å². The minimum atomic E-state index is -0.488. The quantitative estimate of drug-likeness (QED) is 0.932. The second-order valence-corrected chi connectivity index (χ2v) is 5.81. The van der Waals surface area contributed by atoms with Crippen LogP contribution in [0.4, 0.5) is 4.39 Å². The van der Waals surface area contributed by atoms with Crippen LogP contribution >= 0.6 is 0 Å². The largest absolute Gasteiger partial charge is 0.310 e. The molecule has 3 nitrogen and oxygen atoms in total. The number of rotatable bonds is 3. The summed E-state index contributed by atoms with van der Waals surface area (Å²) < 4.78 is 13.0. The molecule has 1 heterocycles. The highest BCUT2D eigenvalue weighted by molar-refractivity contribution is 5.31. The summed E-state index contributed by atoms with van der Waals surface area (Å²) in [5, 5.41) is 0. The Morgan fingerprint density at radius 3 is 2.35 bits per heavy atom. The van der Waals surface area contributed by atoms with Crippen molar-refractivity contribution in [1.82, 2.24) is 9.97 Å². The Balaban J connectivity index is 2.53. The van der Waals surface area contributed by atoms with Gasteiger partial charge in [-0.15, -0.1) is 0 Å². The zero-order valence-corrected chi connectivity index (χ0v) is 12.2. The number of halogens is 1. The van der Waals surface area contributed by atoms with Crippen LogP contribution in [0.25, 0.3) is 0 Å². The highest BCUT2D eigenvalue weighted by atomic mass is 19.1. The number of H-pyrrole nitrogens is 1. The molecule has 1 N–H and O–H groups in total. The molecule has 0 saturated heterocycles. The average molecular weight is 274 g/mol. The van der Waals surface area contributed by atoms with Gasteiger partial charge in [-0.25, -0.2) is 9.37 Å². The molecule has 106 valence electrons. The molecule has 0 atom stereocenters. The van der Waals surface area contributed by atoms with Gasteiger partial charge < -0.3 is 4.98 Å². The third-order valence-corrected chi connectivity index (χ3v) is 3.51. The Morgan fingerprint density at radius 2 is 1.80 bits per heavy atom. The van der Waals surface area contributed by atoms with Crippen LogP contribution in [0.5, 0.6) is 0 Å². The average Bonchev–Trinajstić information content (AvgIpc) is 2.38. The molecular formula is C16H19FN2O. The second-order valence-electron chi connectivity index (χ2n) is 5.81. The van der Waals surface area contributed by atoms with Crippen LogP contribution in [-0.2, 0) is 5.41 Å². The molecule has 0 unspecified atom stereocenters. The normalized spacial score (nSPS) is 11.9. The summed E-state index contributed by atoms with van der Waals surface area (Å²) in [7, 11) is 0. The number of hydrogen-bond acceptors (Lipinski definition) is 2. The van der Waals surface area contributed by atoms with Crippen LogP contribution in [-0.4, -0.2) is 9.97 Å². The van der Waals surface area contributed by atoms with Crippen molar-refractivity contribution in [2.45, 2.75) is 39.0 Å². The number of aromatic amines is 1. The predicted molar refractivity (Wildman–Crippen MR) is 77.5 cm³/mol. The molecule has 0 fully saturated rings. The number of aromatic nitrogens is 2. The highest BCUT2D eigenvalue weighted by Crippen LogP contribution is 2.29. The Kier molecular flexibility index (Phi) is 3.75. The van der Waals surface area contributed by atoms with E-state index in [9.17, 15) is 9.18 Å². The lowest BCUT2D eigenvalue weighted by Gasteiger charge is -2.25. The first-order chi connectivity index (χ1) is 9.30. The smallest absolute Gasteiger partial charge is 0.251 e. The summed E-state index contributed by atoms with van der Waals surface area (Å²) in [6.07, 6.45) is 0. The number of nitrogens with zero attached hydrogens (tertiary/aromatic N) is 1. The van der Waals surface area contributed by atoms with E-state index in [4.69, 9.17) is 0 Å². The summed E-state index contributed by atoms with van der Waals surface area (Å²) in [5.41, 5.74) is 1.02. The van der Waals surface area contributed by atoms with E-state index in [0.717, 1.165) is 11.3 Å². The minimum Gasteiger partial charge on any atom is -0.310 e. The molecule has 1 aromatic heterocycles. The first-order valence-corrected chi connectivity index (χ1v) is 6.68. The monoisotopic (exact) mass is 274 g/mol. The molecule has 0 amide bonds. The van der Waals surface area contributed by atoms with Gasteiger partial charge >= 0.3 is 0 Å². The number of hydrogen-bond donors (Lipinski definition) is 1. The van der Waals surface area contributed by atoms with Gasteiger partial charge in [-0.1, -0.05) is 26.0 Å². The molecule has 0 aliphatic heterocycles. The van der Waals surface area contributed by atoms with Crippen molar-refractivity contribution in [3.8, 4) is 0 Å². The summed E-state index contributed by atoms with van der Waals surface area (Å²) in [6.45, 7) is 7.91. The first-order valence-electron chi connectivity index (χ1n) is 6.68. The summed E-state index contributed by atoms with van der Waals surface area (Å²) in [6, 6.07) is 7.80. The molecule has 4 heteroatoms. The van der Waals surface area contributed by atoms with Crippen molar-refractivity contribution in [2.24, 2.45) is 0 Å². The van der Waals surface area contributed by atoms with E-state index >= 15 is 0 Å². The molecule has 0 bridgehead atoms. The molecule has 2 rings (SSSR count). The van der Waals surface area contributed by atoms with Gasteiger partial charge in [-0.05, 0) is 37.5 Å². The molecule has 20 heavy (non-hydrogen) atoms. The van der Waals surface area contributed by atoms with Crippen LogP contribution in [0.15, 0.2) is 35.1 Å². The van der Waals surface area contributed by atoms with Gasteiger partial charge in [0, 0.05) is 11.5 Å². The third-order valence-electron chi connectivity index (χ3n) is 3.51. The van der Waals surface area contributed by atoms with Gasteiger partial charge in [0.15, 0.2) is 0 Å². The minimum absolute atomic E-state index is 0.158. The zero-order valence-electron chi connectivity index (χ0n) is 12.2. The molecule has 1 aromatic carbocycles. The lowest BCUT2D eigenvalue weighted by atomic mass is 9.83. The molecule has 0 aliphatic rings. The van der Waals surface area contributed by atoms with Crippen molar-refractivity contribution in [2.75, 3.05) is 0 Å². The van der Waals surface area contributed by atoms with Gasteiger partial charge in [0.05, 0.1) is 5.69 Å². The van der Waals surface area contributed by atoms with E-state index in [2.05, 4.69) is 9.97 Å². The van der Waals surface area contributed by atoms with Gasteiger partial charge in [0.1, 0.15) is 11.6 Å². The fourth-order valence-corrected chi connectivity index (χ4v) is 2.07. The lowest BCUT2D eigenvalue weighted by Crippen LogP contribution is -2.27. The molecule has 0 saturated carbocycles. The second kappa shape index (κ2) is 5.19. The van der Waals surface area contributed by atoms with E-state index in [-0.39, 0.29) is 17.3 Å². The molecular weight excluding hydrogens is 255 g/mol. The van der Waals surface area contributed by atoms with Crippen LogP contribution in [0.2, 0.25) is 0 Å². The van der Waals surface area contributed by atoms with Crippen molar-refractivity contribution < 1.29 is 4.39 Å². The fraction of sp³-hybridized carbons (Fsp3) is 0.375. The van der Waals surface area contributed by atoms with E-state index < -0.39 is 5.41 Å². The SMILES string of the molecule is CC(C)c1cc(=O)[nH]c(C(C)(C)c2ccc(F)cc2)n1. The molecule has 0 radical (unpaired) electrons. The summed E-state index contributed by atoms with van der Waals surface area (Å²) >= 11 is 0. The maximum atomic E-state index is 13.0. The Morgan fingerprint density at radius 1 is 1.20 bits per heavy atom. The topological polar surface area (TPSA) is 45.8 Å². The molecule has 0 aliphatic carbocycles. The van der Waals surface area contributed by atoms with E-state index in [1.54, 1.807) is 12.1 Å². The Bertz CT molecular complexity index is 657. The third kappa shape index (κ3) is 2.79. The molecule has 0 spiro atoms. The standard InChI is InChI=1S/C16H19FN2O/c1-10(2)13-9-14(20)19-15(18-13)16(3,4)11-5-7-12(17)8-6-11/h5-10H,1-4H3,(H,18,19,20). The van der Waals surface area contributed by atoms with Crippen molar-refractivity contribution in [3.63, 3.8) is 0 Å². The Labute approximate surface area is 117 Å². The predicted octanol–water partition coefficient (Wildman–Crippen LogP) is 3.36. The van der Waals surface area contributed by atoms with Crippen LogP contribution in [0.3, 0.4) is 0 Å². The maximum Gasteiger partial charge on any atom is 0.251 e. The van der Waals surface area contributed by atoms with Gasteiger partial charge in [-0.3, -0.25) is 4.79 Å². The molecule has 2 aromatic rings. The highest BCUT2D eigenvalue weighted by Gasteiger charge is 2.26. The van der Waals surface area contributed by atoms with Crippen LogP contribution in [0.1, 0.15) is 50.7 Å². The number of benzene rings is 1. The van der Waals surface area contributed by atoms with E-state index in [1.807, 2.05) is 27.7 Å². The number of nitrogens with one attached hydrogen (secondary N) is 1. The van der Waals surface area contributed by atoms with Gasteiger partial charge in [0.25, 0.3) is 5.56 Å².